The van der Waals surface area contributed by atoms with E-state index in [4.69, 9.17) is 9.47 Å². The molecule has 1 heterocycles. The number of nitrogens with zero attached hydrogens (tertiary/aromatic N) is 1. The van der Waals surface area contributed by atoms with Gasteiger partial charge in [0.1, 0.15) is 17.5 Å². The predicted octanol–water partition coefficient (Wildman–Crippen LogP) is 3.28. The van der Waals surface area contributed by atoms with Gasteiger partial charge in [-0.15, -0.1) is 0 Å². The molecule has 0 aliphatic heterocycles. The molecule has 0 spiro atoms. The Morgan fingerprint density at radius 1 is 1.16 bits per heavy atom. The van der Waals surface area contributed by atoms with Crippen LogP contribution in [-0.4, -0.2) is 24.1 Å². The highest BCUT2D eigenvalue weighted by Crippen LogP contribution is 2.30. The van der Waals surface area contributed by atoms with Gasteiger partial charge in [0.2, 0.25) is 5.91 Å². The van der Waals surface area contributed by atoms with E-state index in [1.165, 1.54) is 22.6 Å². The maximum Gasteiger partial charge on any atom is 0.269 e. The molecule has 0 fully saturated rings. The number of aromatic nitrogens is 1. The number of anilines is 1. The van der Waals surface area contributed by atoms with E-state index < -0.39 is 6.04 Å². The van der Waals surface area contributed by atoms with Crippen LogP contribution in [0.25, 0.3) is 10.1 Å². The summed E-state index contributed by atoms with van der Waals surface area (Å²) < 4.78 is 12.8. The maximum absolute atomic E-state index is 12.6. The molecule has 1 atom stereocenters. The highest BCUT2D eigenvalue weighted by molar-refractivity contribution is 7.14. The summed E-state index contributed by atoms with van der Waals surface area (Å²) >= 11 is 1.28. The summed E-state index contributed by atoms with van der Waals surface area (Å²) in [5, 5.41) is 3.43. The van der Waals surface area contributed by atoms with Gasteiger partial charge in [-0.1, -0.05) is 23.7 Å². The van der Waals surface area contributed by atoms with Crippen molar-refractivity contribution in [3.63, 3.8) is 0 Å². The van der Waals surface area contributed by atoms with E-state index in [-0.39, 0.29) is 11.5 Å². The van der Waals surface area contributed by atoms with Crippen molar-refractivity contribution in [2.24, 2.45) is 0 Å². The quantitative estimate of drug-likeness (QED) is 0.760. The van der Waals surface area contributed by atoms with E-state index >= 15 is 0 Å². The molecule has 7 heteroatoms. The van der Waals surface area contributed by atoms with Crippen molar-refractivity contribution in [2.45, 2.75) is 13.0 Å². The van der Waals surface area contributed by atoms with Gasteiger partial charge in [0.05, 0.1) is 30.0 Å². The van der Waals surface area contributed by atoms with Gasteiger partial charge in [0.25, 0.3) is 5.56 Å². The standard InChI is InChI=1S/C18H18N2O4S/c1-11(20-18(22)13-6-4-5-7-16(13)25-20)17(21)19-14-9-8-12(23-2)10-15(14)24-3/h4-11H,1-3H3,(H,19,21)/t11-/m0/s1. The number of carbonyl (C=O) groups is 1. The van der Waals surface area contributed by atoms with Crippen LogP contribution < -0.4 is 20.3 Å². The lowest BCUT2D eigenvalue weighted by molar-refractivity contribution is -0.118. The van der Waals surface area contributed by atoms with Crippen LogP contribution in [0, 0.1) is 0 Å². The lowest BCUT2D eigenvalue weighted by Crippen LogP contribution is -2.28. The molecule has 0 aliphatic rings. The summed E-state index contributed by atoms with van der Waals surface area (Å²) in [7, 11) is 3.08. The van der Waals surface area contributed by atoms with Crippen LogP contribution in [0.4, 0.5) is 5.69 Å². The van der Waals surface area contributed by atoms with Gasteiger partial charge in [-0.05, 0) is 31.2 Å². The molecule has 1 N–H and O–H groups in total. The number of carbonyl (C=O) groups excluding carboxylic acids is 1. The number of amides is 1. The van der Waals surface area contributed by atoms with Crippen LogP contribution in [0.1, 0.15) is 13.0 Å². The molecule has 0 bridgehead atoms. The summed E-state index contributed by atoms with van der Waals surface area (Å²) in [6, 6.07) is 11.8. The summed E-state index contributed by atoms with van der Waals surface area (Å²) in [6.07, 6.45) is 0. The third-order valence-electron chi connectivity index (χ3n) is 3.91. The minimum Gasteiger partial charge on any atom is -0.497 e. The SMILES string of the molecule is COc1ccc(NC(=O)[C@H](C)n2sc3ccccc3c2=O)c(OC)c1. The van der Waals surface area contributed by atoms with Crippen molar-refractivity contribution in [3.8, 4) is 11.5 Å². The fraction of sp³-hybridized carbons (Fsp3) is 0.222. The molecule has 2 aromatic carbocycles. The molecule has 0 unspecified atom stereocenters. The number of fused-ring (bicyclic) bond motifs is 1. The van der Waals surface area contributed by atoms with Crippen LogP contribution in [-0.2, 0) is 4.79 Å². The Bertz CT molecular complexity index is 977. The average molecular weight is 358 g/mol. The molecule has 3 rings (SSSR count). The molecule has 25 heavy (non-hydrogen) atoms. The number of benzene rings is 2. The Hall–Kier alpha value is -2.80. The molecular formula is C18H18N2O4S. The summed E-state index contributed by atoms with van der Waals surface area (Å²) in [6.45, 7) is 1.70. The van der Waals surface area contributed by atoms with E-state index in [0.29, 0.717) is 22.6 Å². The summed E-state index contributed by atoms with van der Waals surface area (Å²) in [4.78, 5) is 25.1. The molecule has 0 saturated heterocycles. The first-order valence-corrected chi connectivity index (χ1v) is 8.46. The van der Waals surface area contributed by atoms with Crippen molar-refractivity contribution in [3.05, 3.63) is 52.8 Å². The first-order chi connectivity index (χ1) is 12.0. The van der Waals surface area contributed by atoms with Crippen molar-refractivity contribution in [1.82, 2.24) is 3.96 Å². The number of hydrogen-bond donors (Lipinski definition) is 1. The monoisotopic (exact) mass is 358 g/mol. The van der Waals surface area contributed by atoms with Gasteiger partial charge in [-0.2, -0.15) is 0 Å². The molecule has 0 radical (unpaired) electrons. The van der Waals surface area contributed by atoms with Gasteiger partial charge in [0, 0.05) is 6.07 Å². The predicted molar refractivity (Wildman–Crippen MR) is 99.0 cm³/mol. The lowest BCUT2D eigenvalue weighted by Gasteiger charge is -2.15. The van der Waals surface area contributed by atoms with Gasteiger partial charge in [-0.3, -0.25) is 13.5 Å². The minimum atomic E-state index is -0.642. The third-order valence-corrected chi connectivity index (χ3v) is 5.14. The van der Waals surface area contributed by atoms with E-state index in [1.807, 2.05) is 18.2 Å². The molecule has 6 nitrogen and oxygen atoms in total. The number of rotatable bonds is 5. The lowest BCUT2D eigenvalue weighted by atomic mass is 10.2. The Kier molecular flexibility index (Phi) is 4.76. The van der Waals surface area contributed by atoms with Crippen LogP contribution >= 0.6 is 11.5 Å². The highest BCUT2D eigenvalue weighted by Gasteiger charge is 2.21. The second kappa shape index (κ2) is 6.98. The molecular weight excluding hydrogens is 340 g/mol. The smallest absolute Gasteiger partial charge is 0.269 e. The number of ether oxygens (including phenoxy) is 2. The van der Waals surface area contributed by atoms with Crippen molar-refractivity contribution in [1.29, 1.82) is 0 Å². The van der Waals surface area contributed by atoms with Crippen molar-refractivity contribution >= 4 is 33.2 Å². The Morgan fingerprint density at radius 3 is 2.60 bits per heavy atom. The summed E-state index contributed by atoms with van der Waals surface area (Å²) in [5.74, 6) is 0.823. The normalized spacial score (nSPS) is 12.0. The molecule has 1 amide bonds. The number of methoxy groups -OCH3 is 2. The third kappa shape index (κ3) is 3.23. The van der Waals surface area contributed by atoms with Crippen LogP contribution in [0.3, 0.4) is 0 Å². The fourth-order valence-electron chi connectivity index (χ4n) is 2.49. The van der Waals surface area contributed by atoms with E-state index in [9.17, 15) is 9.59 Å². The maximum atomic E-state index is 12.6. The van der Waals surface area contributed by atoms with Crippen molar-refractivity contribution in [2.75, 3.05) is 19.5 Å². The molecule has 1 aromatic heterocycles. The molecule has 3 aromatic rings. The number of hydrogen-bond acceptors (Lipinski definition) is 5. The van der Waals surface area contributed by atoms with Crippen LogP contribution in [0.2, 0.25) is 0 Å². The van der Waals surface area contributed by atoms with Crippen LogP contribution in [0.15, 0.2) is 47.3 Å². The molecule has 130 valence electrons. The second-order valence-corrected chi connectivity index (χ2v) is 6.47. The first kappa shape index (κ1) is 17.0. The Labute approximate surface area is 148 Å². The second-order valence-electron chi connectivity index (χ2n) is 5.45. The first-order valence-electron chi connectivity index (χ1n) is 7.68. The zero-order chi connectivity index (χ0) is 18.0. The largest absolute Gasteiger partial charge is 0.497 e. The van der Waals surface area contributed by atoms with Gasteiger partial charge >= 0.3 is 0 Å². The van der Waals surface area contributed by atoms with E-state index in [1.54, 1.807) is 38.3 Å². The van der Waals surface area contributed by atoms with Crippen molar-refractivity contribution < 1.29 is 14.3 Å². The molecule has 0 aliphatic carbocycles. The van der Waals surface area contributed by atoms with Gasteiger partial charge in [-0.25, -0.2) is 0 Å². The summed E-state index contributed by atoms with van der Waals surface area (Å²) in [5.41, 5.74) is 0.360. The number of nitrogens with one attached hydrogen (secondary N) is 1. The van der Waals surface area contributed by atoms with Gasteiger partial charge in [0.15, 0.2) is 0 Å². The molecule has 0 saturated carbocycles. The topological polar surface area (TPSA) is 69.6 Å². The van der Waals surface area contributed by atoms with Crippen LogP contribution in [0.5, 0.6) is 11.5 Å². The van der Waals surface area contributed by atoms with E-state index in [2.05, 4.69) is 5.32 Å². The average Bonchev–Trinajstić information content (AvgIpc) is 2.98. The Morgan fingerprint density at radius 2 is 1.92 bits per heavy atom. The minimum absolute atomic E-state index is 0.162. The zero-order valence-electron chi connectivity index (χ0n) is 14.1. The highest BCUT2D eigenvalue weighted by atomic mass is 32.1. The van der Waals surface area contributed by atoms with E-state index in [0.717, 1.165) is 4.70 Å². The van der Waals surface area contributed by atoms with Gasteiger partial charge < -0.3 is 14.8 Å². The zero-order valence-corrected chi connectivity index (χ0v) is 14.9. The Balaban J connectivity index is 1.88. The fourth-order valence-corrected chi connectivity index (χ4v) is 3.53.